The summed E-state index contributed by atoms with van der Waals surface area (Å²) in [6.07, 6.45) is -1.86. The molecule has 0 N–H and O–H groups in total. The van der Waals surface area contributed by atoms with Crippen LogP contribution in [0, 0.1) is 11.8 Å². The zero-order valence-electron chi connectivity index (χ0n) is 16.7. The maximum atomic E-state index is 12.8. The number of anilines is 1. The Morgan fingerprint density at radius 2 is 1.89 bits per heavy atom. The second kappa shape index (κ2) is 8.87. The molecule has 9 heteroatoms. The van der Waals surface area contributed by atoms with E-state index in [0.717, 1.165) is 12.3 Å². The molecule has 156 valence electrons. The molecule has 1 aliphatic rings. The van der Waals surface area contributed by atoms with Gasteiger partial charge in [-0.05, 0) is 38.2 Å². The quantitative estimate of drug-likeness (QED) is 0.734. The molecule has 0 saturated carbocycles. The van der Waals surface area contributed by atoms with E-state index in [1.807, 2.05) is 13.8 Å². The standard InChI is InChI=1S/C19H27F3N4O2/c1-12(2)11-15(13(3)27)25(4)17(28)14-6-9-26(10-7-14)18-23-8-5-16(24-18)19(20,21)22/h5,8,12,14-15H,6-7,9-11H2,1-4H3/t15-/m1/s1. The van der Waals surface area contributed by atoms with E-state index in [2.05, 4.69) is 9.97 Å². The van der Waals surface area contributed by atoms with Crippen LogP contribution in [0.2, 0.25) is 0 Å². The smallest absolute Gasteiger partial charge is 0.341 e. The Kier molecular flexibility index (Phi) is 7.01. The van der Waals surface area contributed by atoms with Crippen molar-refractivity contribution in [3.63, 3.8) is 0 Å². The van der Waals surface area contributed by atoms with Crippen molar-refractivity contribution in [2.24, 2.45) is 11.8 Å². The molecule has 1 aliphatic heterocycles. The van der Waals surface area contributed by atoms with Crippen LogP contribution >= 0.6 is 0 Å². The number of carbonyl (C=O) groups excluding carboxylic acids is 2. The summed E-state index contributed by atoms with van der Waals surface area (Å²) in [7, 11) is 1.65. The number of ketones is 1. The first-order valence-electron chi connectivity index (χ1n) is 9.43. The molecule has 1 aromatic rings. The van der Waals surface area contributed by atoms with E-state index in [9.17, 15) is 22.8 Å². The normalized spacial score (nSPS) is 16.9. The number of carbonyl (C=O) groups is 2. The van der Waals surface area contributed by atoms with E-state index < -0.39 is 17.9 Å². The van der Waals surface area contributed by atoms with Crippen LogP contribution in [0.5, 0.6) is 0 Å². The van der Waals surface area contributed by atoms with E-state index >= 15 is 0 Å². The van der Waals surface area contributed by atoms with Gasteiger partial charge < -0.3 is 9.80 Å². The van der Waals surface area contributed by atoms with E-state index in [-0.39, 0.29) is 29.5 Å². The summed E-state index contributed by atoms with van der Waals surface area (Å²) in [6, 6.07) is 0.392. The number of nitrogens with zero attached hydrogens (tertiary/aromatic N) is 4. The van der Waals surface area contributed by atoms with Crippen molar-refractivity contribution in [1.82, 2.24) is 14.9 Å². The molecule has 0 radical (unpaired) electrons. The lowest BCUT2D eigenvalue weighted by atomic mass is 9.93. The average molecular weight is 400 g/mol. The van der Waals surface area contributed by atoms with Gasteiger partial charge >= 0.3 is 6.18 Å². The minimum atomic E-state index is -4.52. The largest absolute Gasteiger partial charge is 0.433 e. The summed E-state index contributed by atoms with van der Waals surface area (Å²) in [5, 5.41) is 0. The van der Waals surface area contributed by atoms with Crippen LogP contribution in [0.3, 0.4) is 0 Å². The van der Waals surface area contributed by atoms with Gasteiger partial charge in [-0.15, -0.1) is 0 Å². The highest BCUT2D eigenvalue weighted by Gasteiger charge is 2.35. The molecule has 6 nitrogen and oxygen atoms in total. The van der Waals surface area contributed by atoms with Gasteiger partial charge in [0.05, 0.1) is 6.04 Å². The fourth-order valence-corrected chi connectivity index (χ4v) is 3.47. The third-order valence-corrected chi connectivity index (χ3v) is 5.04. The predicted molar refractivity (Wildman–Crippen MR) is 98.7 cm³/mol. The molecule has 1 saturated heterocycles. The monoisotopic (exact) mass is 400 g/mol. The molecular weight excluding hydrogens is 373 g/mol. The lowest BCUT2D eigenvalue weighted by Crippen LogP contribution is -2.47. The fourth-order valence-electron chi connectivity index (χ4n) is 3.47. The molecule has 1 amide bonds. The van der Waals surface area contributed by atoms with Gasteiger partial charge in [-0.3, -0.25) is 9.59 Å². The van der Waals surface area contributed by atoms with Crippen molar-refractivity contribution in [3.05, 3.63) is 18.0 Å². The molecule has 2 rings (SSSR count). The zero-order chi connectivity index (χ0) is 21.1. The van der Waals surface area contributed by atoms with Crippen LogP contribution in [0.4, 0.5) is 19.1 Å². The molecule has 0 bridgehead atoms. The third kappa shape index (κ3) is 5.42. The SMILES string of the molecule is CC(=O)[C@@H](CC(C)C)N(C)C(=O)C1CCN(c2nccc(C(F)(F)F)n2)CC1. The molecule has 28 heavy (non-hydrogen) atoms. The van der Waals surface area contributed by atoms with Crippen LogP contribution in [0.25, 0.3) is 0 Å². The maximum absolute atomic E-state index is 12.8. The Balaban J connectivity index is 2.01. The molecular formula is C19H27F3N4O2. The molecule has 2 heterocycles. The van der Waals surface area contributed by atoms with Crippen molar-refractivity contribution >= 4 is 17.6 Å². The van der Waals surface area contributed by atoms with Gasteiger partial charge in [-0.2, -0.15) is 13.2 Å². The van der Waals surface area contributed by atoms with Crippen molar-refractivity contribution in [1.29, 1.82) is 0 Å². The lowest BCUT2D eigenvalue weighted by molar-refractivity contribution is -0.141. The summed E-state index contributed by atoms with van der Waals surface area (Å²) in [5.41, 5.74) is -0.978. The number of amides is 1. The van der Waals surface area contributed by atoms with Gasteiger partial charge in [0.1, 0.15) is 5.69 Å². The number of rotatable bonds is 6. The van der Waals surface area contributed by atoms with Gasteiger partial charge in [0, 0.05) is 32.3 Å². The van der Waals surface area contributed by atoms with Crippen LogP contribution < -0.4 is 4.90 Å². The maximum Gasteiger partial charge on any atom is 0.433 e. The third-order valence-electron chi connectivity index (χ3n) is 5.04. The molecule has 0 spiro atoms. The highest BCUT2D eigenvalue weighted by Crippen LogP contribution is 2.29. The summed E-state index contributed by atoms with van der Waals surface area (Å²) in [4.78, 5) is 35.5. The molecule has 1 fully saturated rings. The van der Waals surface area contributed by atoms with Gasteiger partial charge in [0.25, 0.3) is 0 Å². The van der Waals surface area contributed by atoms with Crippen LogP contribution in [0.15, 0.2) is 12.3 Å². The Bertz CT molecular complexity index is 701. The van der Waals surface area contributed by atoms with Crippen molar-refractivity contribution in [3.8, 4) is 0 Å². The summed E-state index contributed by atoms with van der Waals surface area (Å²) < 4.78 is 38.5. The van der Waals surface area contributed by atoms with E-state index in [1.54, 1.807) is 11.9 Å². The Hall–Kier alpha value is -2.19. The number of piperidine rings is 1. The first kappa shape index (κ1) is 22.1. The van der Waals surface area contributed by atoms with E-state index in [4.69, 9.17) is 0 Å². The first-order valence-corrected chi connectivity index (χ1v) is 9.43. The summed E-state index contributed by atoms with van der Waals surface area (Å²) >= 11 is 0. The molecule has 1 atom stereocenters. The molecule has 1 aromatic heterocycles. The van der Waals surface area contributed by atoms with Crippen molar-refractivity contribution in [2.75, 3.05) is 25.0 Å². The summed E-state index contributed by atoms with van der Waals surface area (Å²) in [5.74, 6) is -0.0922. The Labute approximate surface area is 163 Å². The number of hydrogen-bond donors (Lipinski definition) is 0. The van der Waals surface area contributed by atoms with E-state index in [1.165, 1.54) is 11.8 Å². The highest BCUT2D eigenvalue weighted by molar-refractivity contribution is 5.88. The van der Waals surface area contributed by atoms with Crippen LogP contribution in [-0.2, 0) is 15.8 Å². The number of Topliss-reactive ketones (excluding diaryl/α,β-unsaturated/α-hetero) is 1. The number of hydrogen-bond acceptors (Lipinski definition) is 5. The van der Waals surface area contributed by atoms with Crippen molar-refractivity contribution in [2.45, 2.75) is 52.3 Å². The zero-order valence-corrected chi connectivity index (χ0v) is 16.7. The summed E-state index contributed by atoms with van der Waals surface area (Å²) in [6.45, 7) is 6.27. The van der Waals surface area contributed by atoms with Crippen LogP contribution in [-0.4, -0.2) is 52.7 Å². The highest BCUT2D eigenvalue weighted by atomic mass is 19.4. The second-order valence-corrected chi connectivity index (χ2v) is 7.71. The van der Waals surface area contributed by atoms with Crippen molar-refractivity contribution < 1.29 is 22.8 Å². The number of alkyl halides is 3. The Morgan fingerprint density at radius 3 is 2.39 bits per heavy atom. The minimum absolute atomic E-state index is 0.0236. The topological polar surface area (TPSA) is 66.4 Å². The van der Waals surface area contributed by atoms with Gasteiger partial charge in [-0.1, -0.05) is 13.8 Å². The number of halogens is 3. The Morgan fingerprint density at radius 1 is 1.29 bits per heavy atom. The number of likely N-dealkylation sites (N-methyl/N-ethyl adjacent to an activating group) is 1. The van der Waals surface area contributed by atoms with E-state index in [0.29, 0.717) is 32.4 Å². The number of aromatic nitrogens is 2. The second-order valence-electron chi connectivity index (χ2n) is 7.71. The predicted octanol–water partition coefficient (Wildman–Crippen LogP) is 3.17. The molecule has 0 aromatic carbocycles. The van der Waals surface area contributed by atoms with Crippen LogP contribution in [0.1, 0.15) is 45.7 Å². The average Bonchev–Trinajstić information content (AvgIpc) is 2.64. The molecule has 0 unspecified atom stereocenters. The van der Waals surface area contributed by atoms with Gasteiger partial charge in [-0.25, -0.2) is 9.97 Å². The minimum Gasteiger partial charge on any atom is -0.341 e. The van der Waals surface area contributed by atoms with Gasteiger partial charge in [0.15, 0.2) is 5.78 Å². The molecule has 0 aliphatic carbocycles. The lowest BCUT2D eigenvalue weighted by Gasteiger charge is -2.35. The van der Waals surface area contributed by atoms with Gasteiger partial charge in [0.2, 0.25) is 11.9 Å². The first-order chi connectivity index (χ1) is 13.0. The fraction of sp³-hybridized carbons (Fsp3) is 0.684.